The van der Waals surface area contributed by atoms with Crippen molar-refractivity contribution in [3.63, 3.8) is 0 Å². The number of nitrogens with zero attached hydrogens (tertiary/aromatic N) is 2. The number of hydrogen-bond acceptors (Lipinski definition) is 7. The Kier molecular flexibility index (Phi) is 11.4. The predicted octanol–water partition coefficient (Wildman–Crippen LogP) is 3.38. The lowest BCUT2D eigenvalue weighted by atomic mass is 9.77. The maximum Gasteiger partial charge on any atom is 0.289 e. The minimum absolute atomic E-state index is 0.0380. The van der Waals surface area contributed by atoms with Gasteiger partial charge in [0.2, 0.25) is 35.3 Å². The van der Waals surface area contributed by atoms with E-state index in [1.807, 2.05) is 55.4 Å². The molecule has 4 rings (SSSR count). The van der Waals surface area contributed by atoms with Gasteiger partial charge in [0, 0.05) is 38.9 Å². The molecule has 12 nitrogen and oxygen atoms in total. The van der Waals surface area contributed by atoms with Gasteiger partial charge in [0.1, 0.15) is 6.04 Å². The van der Waals surface area contributed by atoms with E-state index in [0.717, 1.165) is 12.8 Å². The number of rotatable bonds is 14. The quantitative estimate of drug-likeness (QED) is 0.141. The summed E-state index contributed by atoms with van der Waals surface area (Å²) in [5.41, 5.74) is -1.78. The number of piperidine rings is 2. The Labute approximate surface area is 303 Å². The molecule has 4 aliphatic rings. The lowest BCUT2D eigenvalue weighted by Crippen LogP contribution is -2.58. The maximum absolute atomic E-state index is 14.5. The smallest absolute Gasteiger partial charge is 0.289 e. The van der Waals surface area contributed by atoms with E-state index in [1.165, 1.54) is 11.0 Å². The first-order chi connectivity index (χ1) is 23.4. The molecule has 0 radical (unpaired) electrons. The van der Waals surface area contributed by atoms with Crippen molar-refractivity contribution in [1.29, 1.82) is 0 Å². The number of ketones is 1. The van der Waals surface area contributed by atoms with Gasteiger partial charge >= 0.3 is 0 Å². The molecule has 2 aliphatic carbocycles. The van der Waals surface area contributed by atoms with Gasteiger partial charge in [-0.2, -0.15) is 0 Å². The normalized spacial score (nSPS) is 25.6. The number of hydrogen-bond donors (Lipinski definition) is 3. The third-order valence-electron chi connectivity index (χ3n) is 11.6. The Morgan fingerprint density at radius 2 is 1.51 bits per heavy atom. The van der Waals surface area contributed by atoms with Gasteiger partial charge in [-0.25, -0.2) is 0 Å². The molecule has 4 fully saturated rings. The molecule has 2 heterocycles. The van der Waals surface area contributed by atoms with Crippen LogP contribution in [0.4, 0.5) is 0 Å². The highest BCUT2D eigenvalue weighted by Crippen LogP contribution is 2.65. The van der Waals surface area contributed by atoms with Crippen LogP contribution in [-0.4, -0.2) is 88.8 Å². The Hall–Kier alpha value is -3.57. The summed E-state index contributed by atoms with van der Waals surface area (Å²) in [6.45, 7) is 23.5. The first-order valence-electron chi connectivity index (χ1n) is 18.6. The minimum atomic E-state index is -1.00. The second-order valence-electron chi connectivity index (χ2n) is 19.0. The summed E-state index contributed by atoms with van der Waals surface area (Å²) >= 11 is 0. The molecule has 0 bridgehead atoms. The number of likely N-dealkylation sites (tertiary alicyclic amines) is 2. The average molecular weight is 712 g/mol. The second kappa shape index (κ2) is 14.5. The maximum atomic E-state index is 14.5. The van der Waals surface area contributed by atoms with Crippen LogP contribution < -0.4 is 16.0 Å². The molecule has 1 unspecified atom stereocenters. The highest BCUT2D eigenvalue weighted by molar-refractivity contribution is 6.38. The molecule has 2 saturated heterocycles. The standard InChI is InChI=1S/C39H61N5O7/c1-12-15-40-34(50)32(48)25(16-22-13-14-22)41-33(49)31-30-24(39(30,10)11)20-44(31)35(51)23(36(2,3)4)17-27(45)42-26(37(5,6)7)21-43-28(46)18-38(8,9)19-29(43)47/h12,22-26,30-31H,1,13-21H2,2-11H3,(H,40,50)(H,41,49)(H,42,45)/t23-,24+,25?,26-,30+,31+/m1/s1. The average Bonchev–Trinajstić information content (AvgIpc) is 3.84. The fourth-order valence-electron chi connectivity index (χ4n) is 7.94. The van der Waals surface area contributed by atoms with Crippen LogP contribution in [0.3, 0.4) is 0 Å². The molecule has 2 saturated carbocycles. The SMILES string of the molecule is C=CCNC(=O)C(=O)C(CC1CC1)NC(=O)[C@@H]1[C@@H]2[C@H](CN1C(=O)[C@@H](CC(=O)N[C@H](CN1C(=O)CC(C)(C)CC1=O)C(C)(C)C)C(C)(C)C)C2(C)C. The fraction of sp³-hybridized carbons (Fsp3) is 0.769. The zero-order valence-electron chi connectivity index (χ0n) is 32.4. The second-order valence-corrected chi connectivity index (χ2v) is 19.0. The van der Waals surface area contributed by atoms with Gasteiger partial charge in [0.25, 0.3) is 5.91 Å². The molecule has 51 heavy (non-hydrogen) atoms. The van der Waals surface area contributed by atoms with Crippen molar-refractivity contribution in [2.45, 2.75) is 126 Å². The van der Waals surface area contributed by atoms with Crippen LogP contribution in [0.1, 0.15) is 108 Å². The molecule has 6 amide bonds. The summed E-state index contributed by atoms with van der Waals surface area (Å²) in [7, 11) is 0. The first-order valence-corrected chi connectivity index (χ1v) is 18.6. The predicted molar refractivity (Wildman–Crippen MR) is 192 cm³/mol. The largest absolute Gasteiger partial charge is 0.351 e. The van der Waals surface area contributed by atoms with Crippen LogP contribution in [0.5, 0.6) is 0 Å². The number of carbonyl (C=O) groups is 7. The van der Waals surface area contributed by atoms with Crippen molar-refractivity contribution in [3.8, 4) is 0 Å². The van der Waals surface area contributed by atoms with Crippen molar-refractivity contribution >= 4 is 41.2 Å². The number of imide groups is 1. The van der Waals surface area contributed by atoms with Crippen LogP contribution >= 0.6 is 0 Å². The van der Waals surface area contributed by atoms with E-state index in [-0.39, 0.29) is 79.1 Å². The molecule has 284 valence electrons. The van der Waals surface area contributed by atoms with Crippen molar-refractivity contribution in [2.75, 3.05) is 19.6 Å². The van der Waals surface area contributed by atoms with E-state index in [4.69, 9.17) is 0 Å². The lowest BCUT2D eigenvalue weighted by Gasteiger charge is -2.40. The summed E-state index contributed by atoms with van der Waals surface area (Å²) in [6.07, 6.45) is 4.01. The Balaban J connectivity index is 1.52. The molecule has 0 spiro atoms. The Morgan fingerprint density at radius 1 is 0.922 bits per heavy atom. The summed E-state index contributed by atoms with van der Waals surface area (Å²) in [4.78, 5) is 97.0. The third-order valence-corrected chi connectivity index (χ3v) is 11.6. The Bertz CT molecular complexity index is 1430. The van der Waals surface area contributed by atoms with Crippen LogP contribution in [0.15, 0.2) is 12.7 Å². The van der Waals surface area contributed by atoms with E-state index in [0.29, 0.717) is 13.0 Å². The highest BCUT2D eigenvalue weighted by Gasteiger charge is 2.70. The molecule has 0 aromatic carbocycles. The van der Waals surface area contributed by atoms with Gasteiger partial charge in [-0.15, -0.1) is 6.58 Å². The molecule has 2 aliphatic heterocycles. The number of amides is 6. The van der Waals surface area contributed by atoms with Gasteiger partial charge < -0.3 is 20.9 Å². The molecular weight excluding hydrogens is 650 g/mol. The van der Waals surface area contributed by atoms with E-state index in [9.17, 15) is 33.6 Å². The van der Waals surface area contributed by atoms with Crippen molar-refractivity contribution in [2.24, 2.45) is 45.3 Å². The van der Waals surface area contributed by atoms with Crippen molar-refractivity contribution < 1.29 is 33.6 Å². The minimum Gasteiger partial charge on any atom is -0.351 e. The van der Waals surface area contributed by atoms with E-state index in [1.54, 1.807) is 4.90 Å². The van der Waals surface area contributed by atoms with Crippen LogP contribution in [0, 0.1) is 45.3 Å². The monoisotopic (exact) mass is 711 g/mol. The molecule has 0 aromatic rings. The van der Waals surface area contributed by atoms with Crippen LogP contribution in [-0.2, 0) is 33.6 Å². The van der Waals surface area contributed by atoms with Crippen LogP contribution in [0.25, 0.3) is 0 Å². The molecule has 3 N–H and O–H groups in total. The molecule has 6 atom stereocenters. The number of fused-ring (bicyclic) bond motifs is 1. The van der Waals surface area contributed by atoms with Gasteiger partial charge in [-0.1, -0.05) is 88.2 Å². The molecule has 12 heteroatoms. The first kappa shape index (κ1) is 40.2. The van der Waals surface area contributed by atoms with Gasteiger partial charge in [0.15, 0.2) is 0 Å². The molecular formula is C39H61N5O7. The summed E-state index contributed by atoms with van der Waals surface area (Å²) in [5.74, 6) is -3.77. The van der Waals surface area contributed by atoms with Gasteiger partial charge in [-0.05, 0) is 45.8 Å². The van der Waals surface area contributed by atoms with Crippen LogP contribution in [0.2, 0.25) is 0 Å². The summed E-state index contributed by atoms with van der Waals surface area (Å²) in [6, 6.07) is -2.41. The Morgan fingerprint density at radius 3 is 2.02 bits per heavy atom. The zero-order chi connectivity index (χ0) is 38.4. The summed E-state index contributed by atoms with van der Waals surface area (Å²) < 4.78 is 0. The third kappa shape index (κ3) is 9.27. The highest BCUT2D eigenvalue weighted by atomic mass is 16.2. The van der Waals surface area contributed by atoms with Crippen molar-refractivity contribution in [3.05, 3.63) is 12.7 Å². The molecule has 0 aromatic heterocycles. The summed E-state index contributed by atoms with van der Waals surface area (Å²) in [5, 5.41) is 8.43. The van der Waals surface area contributed by atoms with Crippen molar-refractivity contribution in [1.82, 2.24) is 25.8 Å². The topological polar surface area (TPSA) is 162 Å². The number of Topliss-reactive ketones (excluding diaryl/α,β-unsaturated/α-hetero) is 1. The fourth-order valence-corrected chi connectivity index (χ4v) is 7.94. The number of nitrogens with one attached hydrogen (secondary N) is 3. The van der Waals surface area contributed by atoms with Gasteiger partial charge in [-0.3, -0.25) is 38.5 Å². The van der Waals surface area contributed by atoms with E-state index in [2.05, 4.69) is 36.4 Å². The van der Waals surface area contributed by atoms with Gasteiger partial charge in [0.05, 0.1) is 18.0 Å². The van der Waals surface area contributed by atoms with E-state index < -0.39 is 57.9 Å². The zero-order valence-corrected chi connectivity index (χ0v) is 32.4. The number of carbonyl (C=O) groups excluding carboxylic acids is 7. The van der Waals surface area contributed by atoms with E-state index >= 15 is 0 Å². The lowest BCUT2D eigenvalue weighted by molar-refractivity contribution is -0.154.